The van der Waals surface area contributed by atoms with Gasteiger partial charge in [-0.3, -0.25) is 14.5 Å². The molecule has 3 heterocycles. The minimum absolute atomic E-state index is 0.0193. The van der Waals surface area contributed by atoms with Gasteiger partial charge in [0.25, 0.3) is 0 Å². The first-order valence-corrected chi connectivity index (χ1v) is 16.2. The van der Waals surface area contributed by atoms with E-state index in [1.165, 1.54) is 23.3 Å². The molecule has 46 heavy (non-hydrogen) atoms. The molecule has 3 aromatic heterocycles. The minimum atomic E-state index is -5.19. The third-order valence-corrected chi connectivity index (χ3v) is 8.45. The third-order valence-electron chi connectivity index (χ3n) is 6.76. The highest BCUT2D eigenvalue weighted by atomic mass is 32.3. The molecule has 0 bridgehead atoms. The highest BCUT2D eigenvalue weighted by molar-refractivity contribution is 7.99. The Balaban J connectivity index is 1.53. The van der Waals surface area contributed by atoms with Gasteiger partial charge in [-0.25, -0.2) is 18.7 Å². The molecular weight excluding hydrogens is 633 g/mol. The van der Waals surface area contributed by atoms with Crippen molar-refractivity contribution in [3.63, 3.8) is 0 Å². The number of pyridine rings is 1. The fourth-order valence-electron chi connectivity index (χ4n) is 4.56. The van der Waals surface area contributed by atoms with Crippen molar-refractivity contribution in [1.29, 1.82) is 0 Å². The van der Waals surface area contributed by atoms with Crippen molar-refractivity contribution in [1.82, 2.24) is 24.7 Å². The van der Waals surface area contributed by atoms with Gasteiger partial charge in [-0.1, -0.05) is 18.2 Å². The molecule has 1 amide bonds. The average molecular weight is 662 g/mol. The molecule has 0 fully saturated rings. The van der Waals surface area contributed by atoms with Crippen molar-refractivity contribution >= 4 is 38.4 Å². The summed E-state index contributed by atoms with van der Waals surface area (Å²) in [6, 6.07) is 12.5. The van der Waals surface area contributed by atoms with Crippen LogP contribution in [0.1, 0.15) is 18.1 Å². The number of para-hydroxylation sites is 1. The molecule has 0 aliphatic heterocycles. The molecule has 0 saturated heterocycles. The van der Waals surface area contributed by atoms with E-state index in [0.29, 0.717) is 27.8 Å². The van der Waals surface area contributed by atoms with Crippen LogP contribution in [0, 0.1) is 11.6 Å². The second-order valence-electron chi connectivity index (χ2n) is 10.2. The van der Waals surface area contributed by atoms with Crippen LogP contribution in [-0.4, -0.2) is 60.0 Å². The second-order valence-corrected chi connectivity index (χ2v) is 13.0. The van der Waals surface area contributed by atoms with Crippen LogP contribution < -0.4 is 10.1 Å². The number of anilines is 2. The van der Waals surface area contributed by atoms with Crippen LogP contribution >= 0.6 is 0 Å². The van der Waals surface area contributed by atoms with E-state index in [-0.39, 0.29) is 48.3 Å². The fourth-order valence-corrected chi connectivity index (χ4v) is 5.83. The highest BCUT2D eigenvalue weighted by Gasteiger charge is 2.39. The molecule has 0 saturated carbocycles. The molecule has 0 spiro atoms. The zero-order chi connectivity index (χ0) is 33.1. The number of rotatable bonds is 10. The maximum Gasteiger partial charge on any atom is 0.474 e. The number of alkyl halides is 3. The Morgan fingerprint density at radius 3 is 2.48 bits per heavy atom. The summed E-state index contributed by atoms with van der Waals surface area (Å²) in [6.45, 7) is 1.70. The summed E-state index contributed by atoms with van der Waals surface area (Å²) in [7, 11) is -3.63. The van der Waals surface area contributed by atoms with Gasteiger partial charge in [0.15, 0.2) is 5.82 Å². The molecule has 242 valence electrons. The number of halogens is 5. The topological polar surface area (TPSA) is 127 Å². The SMILES string of the molecule is CCOc1cc(F)c(Cn2nc(-c3ncc(CC[SH](C)(O)=NC(=O)C(F)(F)F)c(Nc4ccncc4)n3)c3ccccc32)c(F)c1. The monoisotopic (exact) mass is 661 g/mol. The van der Waals surface area contributed by atoms with Crippen molar-refractivity contribution in [2.24, 2.45) is 4.36 Å². The van der Waals surface area contributed by atoms with Crippen molar-refractivity contribution in [3.8, 4) is 17.3 Å². The molecule has 0 atom stereocenters. The number of carbonyl (C=O) groups excluding carboxylic acids is 1. The Labute approximate surface area is 260 Å². The summed E-state index contributed by atoms with van der Waals surface area (Å²) in [5, 5.41) is 8.33. The zero-order valence-electron chi connectivity index (χ0n) is 24.5. The van der Waals surface area contributed by atoms with E-state index in [1.54, 1.807) is 43.3 Å². The van der Waals surface area contributed by atoms with Crippen LogP contribution in [0.15, 0.2) is 71.5 Å². The van der Waals surface area contributed by atoms with Gasteiger partial charge in [0.2, 0.25) is 0 Å². The summed E-state index contributed by atoms with van der Waals surface area (Å²) in [4.78, 5) is 24.4. The number of aromatic nitrogens is 5. The predicted octanol–water partition coefficient (Wildman–Crippen LogP) is 6.16. The Bertz CT molecular complexity index is 1920. The summed E-state index contributed by atoms with van der Waals surface area (Å²) < 4.78 is 88.4. The molecule has 2 N–H and O–H groups in total. The number of ether oxygens (including phenoxy) is 1. The number of hydrogen-bond acceptors (Lipinski definition) is 7. The van der Waals surface area contributed by atoms with Gasteiger partial charge in [-0.2, -0.15) is 22.6 Å². The van der Waals surface area contributed by atoms with Crippen molar-refractivity contribution < 1.29 is 36.0 Å². The van der Waals surface area contributed by atoms with Gasteiger partial charge in [-0.15, -0.1) is 10.1 Å². The number of benzene rings is 2. The first-order chi connectivity index (χ1) is 21.8. The molecule has 16 heteroatoms. The smallest absolute Gasteiger partial charge is 0.474 e. The lowest BCUT2D eigenvalue weighted by atomic mass is 10.1. The molecule has 5 rings (SSSR count). The molecular formula is C30H28F5N7O3S. The van der Waals surface area contributed by atoms with Gasteiger partial charge < -0.3 is 14.6 Å². The van der Waals surface area contributed by atoms with Crippen LogP contribution in [0.4, 0.5) is 33.5 Å². The number of fused-ring (bicyclic) bond motifs is 1. The van der Waals surface area contributed by atoms with Crippen LogP contribution in [0.3, 0.4) is 0 Å². The lowest BCUT2D eigenvalue weighted by Crippen LogP contribution is -2.25. The molecule has 0 aliphatic rings. The standard InChI is InChI=1S/C30H28F5N7O3S/c1-3-45-20-14-23(31)22(24(32)15-20)17-42-25-7-5-4-6-21(25)26(40-42)28-37-16-18(27(39-28)38-19-8-11-36-12-9-19)10-13-46(2,44)41-29(43)30(33,34)35/h4-9,11-12,14-16,46H,3,10,13,17H2,1-2H3,(H,41,43,44)(H,36,37,38,39). The molecule has 0 aliphatic carbocycles. The summed E-state index contributed by atoms with van der Waals surface area (Å²) in [6.07, 6.45) is 0.397. The normalized spacial score (nSPS) is 12.3. The number of nitrogens with one attached hydrogen (secondary N) is 1. The van der Waals surface area contributed by atoms with E-state index < -0.39 is 33.8 Å². The van der Waals surface area contributed by atoms with Gasteiger partial charge in [0, 0.05) is 58.7 Å². The van der Waals surface area contributed by atoms with E-state index >= 15 is 0 Å². The maximum atomic E-state index is 14.9. The van der Waals surface area contributed by atoms with Gasteiger partial charge in [-0.05, 0) is 37.8 Å². The number of amides is 1. The Morgan fingerprint density at radius 2 is 1.80 bits per heavy atom. The molecule has 10 nitrogen and oxygen atoms in total. The summed E-state index contributed by atoms with van der Waals surface area (Å²) in [5.41, 5.74) is 1.63. The van der Waals surface area contributed by atoms with Gasteiger partial charge in [0.1, 0.15) is 28.9 Å². The van der Waals surface area contributed by atoms with E-state index in [2.05, 4.69) is 29.7 Å². The van der Waals surface area contributed by atoms with Crippen LogP contribution in [0.2, 0.25) is 0 Å². The van der Waals surface area contributed by atoms with E-state index in [9.17, 15) is 31.3 Å². The van der Waals surface area contributed by atoms with Crippen molar-refractivity contribution in [3.05, 3.63) is 89.9 Å². The van der Waals surface area contributed by atoms with Gasteiger partial charge in [0.05, 0.1) is 18.7 Å². The first-order valence-electron chi connectivity index (χ1n) is 13.9. The van der Waals surface area contributed by atoms with E-state index in [1.807, 2.05) is 0 Å². The first kappa shape index (κ1) is 32.6. The van der Waals surface area contributed by atoms with Gasteiger partial charge >= 0.3 is 12.1 Å². The minimum Gasteiger partial charge on any atom is -0.494 e. The fraction of sp³-hybridized carbons (Fsp3) is 0.233. The van der Waals surface area contributed by atoms with E-state index in [4.69, 9.17) is 4.74 Å². The number of carbonyl (C=O) groups is 1. The zero-order valence-corrected chi connectivity index (χ0v) is 25.4. The quantitative estimate of drug-likeness (QED) is 0.120. The molecule has 0 unspecified atom stereocenters. The lowest BCUT2D eigenvalue weighted by molar-refractivity contribution is -0.169. The molecule has 0 radical (unpaired) electrons. The number of hydrogen-bond donors (Lipinski definition) is 3. The summed E-state index contributed by atoms with van der Waals surface area (Å²) >= 11 is 0. The largest absolute Gasteiger partial charge is 0.494 e. The number of nitrogens with zero attached hydrogens (tertiary/aromatic N) is 6. The second kappa shape index (κ2) is 13.3. The lowest BCUT2D eigenvalue weighted by Gasteiger charge is -2.19. The Kier molecular flexibility index (Phi) is 9.39. The predicted molar refractivity (Wildman–Crippen MR) is 164 cm³/mol. The number of thiol groups is 1. The molecule has 5 aromatic rings. The number of aryl methyl sites for hydroxylation is 1. The highest BCUT2D eigenvalue weighted by Crippen LogP contribution is 2.30. The van der Waals surface area contributed by atoms with Crippen LogP contribution in [0.25, 0.3) is 22.4 Å². The van der Waals surface area contributed by atoms with Crippen molar-refractivity contribution in [2.45, 2.75) is 26.1 Å². The third kappa shape index (κ3) is 7.51. The van der Waals surface area contributed by atoms with Crippen LogP contribution in [-0.2, 0) is 27.9 Å². The average Bonchev–Trinajstić information content (AvgIpc) is 3.37. The van der Waals surface area contributed by atoms with Crippen LogP contribution in [0.5, 0.6) is 5.75 Å². The molecule has 2 aromatic carbocycles. The van der Waals surface area contributed by atoms with E-state index in [0.717, 1.165) is 18.4 Å². The maximum absolute atomic E-state index is 14.9. The Morgan fingerprint density at radius 1 is 1.11 bits per heavy atom. The van der Waals surface area contributed by atoms with Crippen molar-refractivity contribution in [2.75, 3.05) is 23.9 Å². The Hall–Kier alpha value is -4.83. The summed E-state index contributed by atoms with van der Waals surface area (Å²) in [5.74, 6) is -3.73.